The van der Waals surface area contributed by atoms with Gasteiger partial charge in [0.25, 0.3) is 0 Å². The lowest BCUT2D eigenvalue weighted by molar-refractivity contribution is -0.174. The summed E-state index contributed by atoms with van der Waals surface area (Å²) in [5.74, 6) is -1.23. The number of alkyl halides is 3. The Hall–Kier alpha value is -1.36. The Morgan fingerprint density at radius 3 is 2.66 bits per heavy atom. The van der Waals surface area contributed by atoms with Gasteiger partial charge in [0.1, 0.15) is 12.1 Å². The fourth-order valence-corrected chi connectivity index (χ4v) is 3.55. The highest BCUT2D eigenvalue weighted by molar-refractivity contribution is 9.10. The molecular formula is C18H23BrClF3N2O4. The van der Waals surface area contributed by atoms with Crippen LogP contribution in [0.1, 0.15) is 24.0 Å². The molecular weight excluding hydrogens is 481 g/mol. The lowest BCUT2D eigenvalue weighted by Crippen LogP contribution is -2.61. The molecule has 3 N–H and O–H groups in total. The summed E-state index contributed by atoms with van der Waals surface area (Å²) >= 11 is 3.40. The number of benzene rings is 1. The van der Waals surface area contributed by atoms with Crippen LogP contribution in [0.25, 0.3) is 0 Å². The molecule has 0 spiro atoms. The van der Waals surface area contributed by atoms with E-state index in [1.165, 1.54) is 7.11 Å². The summed E-state index contributed by atoms with van der Waals surface area (Å²) in [7, 11) is 1.23. The van der Waals surface area contributed by atoms with Crippen LogP contribution in [0.5, 0.6) is 0 Å². The highest BCUT2D eigenvalue weighted by Gasteiger charge is 2.44. The third-order valence-corrected chi connectivity index (χ3v) is 5.09. The smallest absolute Gasteiger partial charge is 0.411 e. The lowest BCUT2D eigenvalue weighted by atomic mass is 9.77. The molecule has 1 aliphatic carbocycles. The molecule has 0 saturated heterocycles. The van der Waals surface area contributed by atoms with Gasteiger partial charge in [-0.25, -0.2) is 4.79 Å². The number of fused-ring (bicyclic) bond motifs is 1. The molecule has 0 heterocycles. The van der Waals surface area contributed by atoms with Crippen LogP contribution >= 0.6 is 28.3 Å². The van der Waals surface area contributed by atoms with Crippen molar-refractivity contribution in [1.82, 2.24) is 5.32 Å². The normalized spacial score (nSPS) is 19.5. The van der Waals surface area contributed by atoms with Gasteiger partial charge in [-0.05, 0) is 42.5 Å². The zero-order chi connectivity index (χ0) is 20.9. The fraction of sp³-hybridized carbons (Fsp3) is 0.556. The van der Waals surface area contributed by atoms with Gasteiger partial charge in [-0.3, -0.25) is 4.79 Å². The van der Waals surface area contributed by atoms with Gasteiger partial charge in [-0.15, -0.1) is 12.4 Å². The maximum Gasteiger partial charge on any atom is 0.411 e. The molecule has 0 bridgehead atoms. The van der Waals surface area contributed by atoms with E-state index in [0.717, 1.165) is 15.6 Å². The Morgan fingerprint density at radius 2 is 2.03 bits per heavy atom. The number of ether oxygens (including phenoxy) is 2. The van der Waals surface area contributed by atoms with Crippen molar-refractivity contribution in [2.45, 2.75) is 43.4 Å². The lowest BCUT2D eigenvalue weighted by Gasteiger charge is -2.37. The Kier molecular flexibility index (Phi) is 9.39. The second-order valence-corrected chi connectivity index (χ2v) is 7.63. The van der Waals surface area contributed by atoms with Gasteiger partial charge in [0, 0.05) is 17.5 Å². The number of halogens is 5. The van der Waals surface area contributed by atoms with Gasteiger partial charge in [-0.2, -0.15) is 13.2 Å². The Morgan fingerprint density at radius 1 is 1.34 bits per heavy atom. The number of carbonyl (C=O) groups excluding carboxylic acids is 2. The van der Waals surface area contributed by atoms with Crippen LogP contribution in [0.3, 0.4) is 0 Å². The summed E-state index contributed by atoms with van der Waals surface area (Å²) in [5.41, 5.74) is 6.47. The Balaban J connectivity index is 0.00000420. The Labute approximate surface area is 181 Å². The molecule has 0 radical (unpaired) electrons. The SMILES string of the molecule is COC(=O)C1(NC(=O)C(N)CCOCC(F)(F)F)CCc2cc(Br)ccc2C1.Cl. The summed E-state index contributed by atoms with van der Waals surface area (Å²) in [5, 5.41) is 2.67. The number of aryl methyl sites for hydroxylation is 1. The fourth-order valence-electron chi connectivity index (χ4n) is 3.15. The molecule has 1 aromatic rings. The van der Waals surface area contributed by atoms with E-state index in [0.29, 0.717) is 12.8 Å². The predicted octanol–water partition coefficient (Wildman–Crippen LogP) is 2.68. The van der Waals surface area contributed by atoms with Crippen LogP contribution in [0.2, 0.25) is 0 Å². The second kappa shape index (κ2) is 10.6. The van der Waals surface area contributed by atoms with Crippen LogP contribution in [0.4, 0.5) is 13.2 Å². The van der Waals surface area contributed by atoms with E-state index < -0.39 is 36.2 Å². The summed E-state index contributed by atoms with van der Waals surface area (Å²) in [4.78, 5) is 24.9. The summed E-state index contributed by atoms with van der Waals surface area (Å²) in [6.07, 6.45) is -3.43. The number of nitrogens with two attached hydrogens (primary N) is 1. The number of carbonyl (C=O) groups is 2. The maximum absolute atomic E-state index is 12.5. The summed E-state index contributed by atoms with van der Waals surface area (Å²) in [6.45, 7) is -1.73. The van der Waals surface area contributed by atoms with E-state index in [9.17, 15) is 22.8 Å². The quantitative estimate of drug-likeness (QED) is 0.441. The third-order valence-electron chi connectivity index (χ3n) is 4.60. The average molecular weight is 504 g/mol. The zero-order valence-electron chi connectivity index (χ0n) is 15.7. The van der Waals surface area contributed by atoms with Crippen LogP contribution < -0.4 is 11.1 Å². The minimum atomic E-state index is -4.44. The molecule has 0 fully saturated rings. The van der Waals surface area contributed by atoms with Crippen LogP contribution in [0.15, 0.2) is 22.7 Å². The summed E-state index contributed by atoms with van der Waals surface area (Å²) in [6, 6.07) is 4.56. The molecule has 1 aromatic carbocycles. The van der Waals surface area contributed by atoms with Gasteiger partial charge >= 0.3 is 12.1 Å². The van der Waals surface area contributed by atoms with Crippen molar-refractivity contribution in [1.29, 1.82) is 0 Å². The second-order valence-electron chi connectivity index (χ2n) is 6.72. The van der Waals surface area contributed by atoms with Crippen molar-refractivity contribution >= 4 is 40.2 Å². The first-order chi connectivity index (χ1) is 13.1. The van der Waals surface area contributed by atoms with Crippen molar-refractivity contribution in [2.24, 2.45) is 5.73 Å². The maximum atomic E-state index is 12.5. The third kappa shape index (κ3) is 7.13. The first-order valence-electron chi connectivity index (χ1n) is 8.64. The number of esters is 1. The van der Waals surface area contributed by atoms with Crippen molar-refractivity contribution in [3.63, 3.8) is 0 Å². The average Bonchev–Trinajstić information content (AvgIpc) is 2.63. The van der Waals surface area contributed by atoms with E-state index >= 15 is 0 Å². The molecule has 1 aliphatic rings. The molecule has 2 atom stereocenters. The van der Waals surface area contributed by atoms with Crippen molar-refractivity contribution in [3.05, 3.63) is 33.8 Å². The highest BCUT2D eigenvalue weighted by Crippen LogP contribution is 2.31. The first kappa shape index (κ1) is 25.7. The van der Waals surface area contributed by atoms with Gasteiger partial charge in [0.05, 0.1) is 13.2 Å². The number of amides is 1. The molecule has 0 saturated carbocycles. The first-order valence-corrected chi connectivity index (χ1v) is 9.43. The van der Waals surface area contributed by atoms with E-state index in [4.69, 9.17) is 10.5 Å². The van der Waals surface area contributed by atoms with Crippen LogP contribution in [-0.2, 0) is 31.9 Å². The van der Waals surface area contributed by atoms with Crippen LogP contribution in [0, 0.1) is 0 Å². The van der Waals surface area contributed by atoms with Crippen LogP contribution in [-0.4, -0.2) is 50.0 Å². The van der Waals surface area contributed by atoms with Gasteiger partial charge in [-0.1, -0.05) is 22.0 Å². The summed E-state index contributed by atoms with van der Waals surface area (Å²) < 4.78 is 46.5. The number of nitrogens with one attached hydrogen (secondary N) is 1. The van der Waals surface area contributed by atoms with Crippen molar-refractivity contribution < 1.29 is 32.2 Å². The number of rotatable bonds is 7. The molecule has 0 aromatic heterocycles. The zero-order valence-corrected chi connectivity index (χ0v) is 18.1. The molecule has 2 unspecified atom stereocenters. The van der Waals surface area contributed by atoms with Gasteiger partial charge in [0.15, 0.2) is 0 Å². The standard InChI is InChI=1S/C18H22BrF3N2O4.ClH/c1-27-16(26)17(6-4-11-8-13(19)3-2-12(11)9-17)24-15(25)14(23)5-7-28-10-18(20,21)22;/h2-3,8,14H,4-7,9-10,23H2,1H3,(H,24,25);1H. The predicted molar refractivity (Wildman–Crippen MR) is 106 cm³/mol. The Bertz CT molecular complexity index is 736. The molecule has 0 aliphatic heterocycles. The van der Waals surface area contributed by atoms with E-state index in [1.54, 1.807) is 0 Å². The van der Waals surface area contributed by atoms with E-state index in [2.05, 4.69) is 26.0 Å². The number of hydrogen-bond donors (Lipinski definition) is 2. The molecule has 2 rings (SSSR count). The molecule has 6 nitrogen and oxygen atoms in total. The van der Waals surface area contributed by atoms with E-state index in [1.807, 2.05) is 18.2 Å². The molecule has 29 heavy (non-hydrogen) atoms. The van der Waals surface area contributed by atoms with Gasteiger partial charge < -0.3 is 20.5 Å². The number of methoxy groups -OCH3 is 1. The monoisotopic (exact) mass is 502 g/mol. The van der Waals surface area contributed by atoms with Crippen molar-refractivity contribution in [3.8, 4) is 0 Å². The molecule has 11 heteroatoms. The van der Waals surface area contributed by atoms with Gasteiger partial charge in [0.2, 0.25) is 5.91 Å². The van der Waals surface area contributed by atoms with Crippen molar-refractivity contribution in [2.75, 3.05) is 20.3 Å². The largest absolute Gasteiger partial charge is 0.467 e. The minimum Gasteiger partial charge on any atom is -0.467 e. The topological polar surface area (TPSA) is 90.7 Å². The molecule has 164 valence electrons. The molecule has 1 amide bonds. The number of hydrogen-bond acceptors (Lipinski definition) is 5. The van der Waals surface area contributed by atoms with E-state index in [-0.39, 0.29) is 31.9 Å². The highest BCUT2D eigenvalue weighted by atomic mass is 79.9. The minimum absolute atomic E-state index is 0.